The van der Waals surface area contributed by atoms with Gasteiger partial charge in [0, 0.05) is 23.5 Å². The smallest absolute Gasteiger partial charge is 0.232 e. The lowest BCUT2D eigenvalue weighted by molar-refractivity contribution is 0.0974. The molecule has 2 aliphatic rings. The molecule has 3 aromatic rings. The van der Waals surface area contributed by atoms with Crippen molar-refractivity contribution in [1.29, 1.82) is 0 Å². The van der Waals surface area contributed by atoms with Crippen LogP contribution in [0.25, 0.3) is 11.4 Å². The van der Waals surface area contributed by atoms with E-state index in [2.05, 4.69) is 15.1 Å². The standard InChI is InChI=1S/C20H19N3O3/c1-2-13(11-21-9-1)12-24-15-5-3-14(4-6-15)19-22-20(26-23-19)17-10-16-7-8-18(17)25-16/h1-6,9,11,16-18H,7-8,10,12H2/t16-,17+,18+/m1/s1. The molecule has 2 bridgehead atoms. The summed E-state index contributed by atoms with van der Waals surface area (Å²) in [4.78, 5) is 8.68. The first-order chi connectivity index (χ1) is 12.8. The van der Waals surface area contributed by atoms with E-state index in [0.29, 0.717) is 24.4 Å². The Labute approximate surface area is 151 Å². The first-order valence-corrected chi connectivity index (χ1v) is 8.96. The molecule has 0 amide bonds. The van der Waals surface area contributed by atoms with Gasteiger partial charge in [0.2, 0.25) is 11.7 Å². The maximum absolute atomic E-state index is 5.88. The van der Waals surface area contributed by atoms with E-state index in [4.69, 9.17) is 14.0 Å². The van der Waals surface area contributed by atoms with E-state index < -0.39 is 0 Å². The Balaban J connectivity index is 1.26. The fourth-order valence-electron chi connectivity index (χ4n) is 3.75. The van der Waals surface area contributed by atoms with Gasteiger partial charge in [-0.2, -0.15) is 4.98 Å². The number of fused-ring (bicyclic) bond motifs is 2. The molecule has 2 aliphatic heterocycles. The molecule has 4 heterocycles. The summed E-state index contributed by atoms with van der Waals surface area (Å²) >= 11 is 0. The topological polar surface area (TPSA) is 70.3 Å². The first-order valence-electron chi connectivity index (χ1n) is 8.96. The Bertz CT molecular complexity index is 879. The molecule has 1 aromatic carbocycles. The Morgan fingerprint density at radius 2 is 2.04 bits per heavy atom. The minimum absolute atomic E-state index is 0.247. The molecular weight excluding hydrogens is 330 g/mol. The van der Waals surface area contributed by atoms with Gasteiger partial charge in [-0.3, -0.25) is 4.98 Å². The van der Waals surface area contributed by atoms with Crippen molar-refractivity contribution in [3.63, 3.8) is 0 Å². The third-order valence-electron chi connectivity index (χ3n) is 5.11. The highest BCUT2D eigenvalue weighted by Crippen LogP contribution is 2.44. The van der Waals surface area contributed by atoms with Crippen LogP contribution in [0.4, 0.5) is 0 Å². The second kappa shape index (κ2) is 6.53. The quantitative estimate of drug-likeness (QED) is 0.699. The normalized spacial score (nSPS) is 24.1. The molecule has 0 radical (unpaired) electrons. The van der Waals surface area contributed by atoms with Crippen LogP contribution in [0.5, 0.6) is 5.75 Å². The number of hydrogen-bond donors (Lipinski definition) is 0. The fourth-order valence-corrected chi connectivity index (χ4v) is 3.75. The summed E-state index contributed by atoms with van der Waals surface area (Å²) in [6.07, 6.45) is 7.41. The highest BCUT2D eigenvalue weighted by molar-refractivity contribution is 5.55. The monoisotopic (exact) mass is 349 g/mol. The average Bonchev–Trinajstić information content (AvgIpc) is 3.44. The molecule has 0 N–H and O–H groups in total. The lowest BCUT2D eigenvalue weighted by Crippen LogP contribution is -2.14. The molecule has 0 spiro atoms. The molecular formula is C20H19N3O3. The van der Waals surface area contributed by atoms with Gasteiger partial charge >= 0.3 is 0 Å². The number of pyridine rings is 1. The molecule has 132 valence electrons. The molecule has 6 nitrogen and oxygen atoms in total. The summed E-state index contributed by atoms with van der Waals surface area (Å²) in [6.45, 7) is 0.490. The predicted octanol–water partition coefficient (Wildman–Crippen LogP) is 3.75. The van der Waals surface area contributed by atoms with Crippen molar-refractivity contribution in [2.75, 3.05) is 0 Å². The zero-order chi connectivity index (χ0) is 17.3. The fraction of sp³-hybridized carbons (Fsp3) is 0.350. The van der Waals surface area contributed by atoms with E-state index in [1.54, 1.807) is 12.4 Å². The number of hydrogen-bond acceptors (Lipinski definition) is 6. The van der Waals surface area contributed by atoms with Crippen molar-refractivity contribution >= 4 is 0 Å². The molecule has 0 saturated carbocycles. The maximum Gasteiger partial charge on any atom is 0.232 e. The second-order valence-corrected chi connectivity index (χ2v) is 6.85. The van der Waals surface area contributed by atoms with E-state index >= 15 is 0 Å². The summed E-state index contributed by atoms with van der Waals surface area (Å²) in [7, 11) is 0. The molecule has 2 fully saturated rings. The summed E-state index contributed by atoms with van der Waals surface area (Å²) in [5.74, 6) is 2.35. The third-order valence-corrected chi connectivity index (χ3v) is 5.11. The summed E-state index contributed by atoms with van der Waals surface area (Å²) in [5, 5.41) is 4.15. The van der Waals surface area contributed by atoms with Crippen LogP contribution in [0.1, 0.15) is 36.6 Å². The Kier molecular flexibility index (Phi) is 3.90. The SMILES string of the molecule is c1cncc(COc2ccc(-c3noc([C@H]4C[C@H]5CC[C@@H]4O5)n3)cc2)c1. The summed E-state index contributed by atoms with van der Waals surface area (Å²) < 4.78 is 17.2. The number of rotatable bonds is 5. The summed E-state index contributed by atoms with van der Waals surface area (Å²) in [5.41, 5.74) is 1.95. The van der Waals surface area contributed by atoms with Gasteiger partial charge in [-0.1, -0.05) is 11.2 Å². The molecule has 26 heavy (non-hydrogen) atoms. The molecule has 0 aliphatic carbocycles. The van der Waals surface area contributed by atoms with Gasteiger partial charge in [-0.15, -0.1) is 0 Å². The van der Waals surface area contributed by atoms with Crippen LogP contribution >= 0.6 is 0 Å². The van der Waals surface area contributed by atoms with Crippen LogP contribution in [0.2, 0.25) is 0 Å². The molecule has 2 aromatic heterocycles. The number of ether oxygens (including phenoxy) is 2. The highest BCUT2D eigenvalue weighted by Gasteiger charge is 2.44. The minimum Gasteiger partial charge on any atom is -0.489 e. The lowest BCUT2D eigenvalue weighted by atomic mass is 9.89. The van der Waals surface area contributed by atoms with E-state index in [1.807, 2.05) is 36.4 Å². The van der Waals surface area contributed by atoms with E-state index in [-0.39, 0.29) is 12.0 Å². The minimum atomic E-state index is 0.247. The largest absolute Gasteiger partial charge is 0.489 e. The van der Waals surface area contributed by atoms with Crippen LogP contribution in [-0.4, -0.2) is 27.3 Å². The van der Waals surface area contributed by atoms with Gasteiger partial charge in [0.25, 0.3) is 0 Å². The van der Waals surface area contributed by atoms with Crippen molar-refractivity contribution in [3.8, 4) is 17.1 Å². The van der Waals surface area contributed by atoms with Gasteiger partial charge in [-0.25, -0.2) is 0 Å². The lowest BCUT2D eigenvalue weighted by Gasteiger charge is -2.13. The molecule has 0 unspecified atom stereocenters. The van der Waals surface area contributed by atoms with E-state index in [9.17, 15) is 0 Å². The van der Waals surface area contributed by atoms with Crippen LogP contribution < -0.4 is 4.74 Å². The third kappa shape index (κ3) is 2.97. The molecule has 6 heteroatoms. The summed E-state index contributed by atoms with van der Waals surface area (Å²) in [6, 6.07) is 11.6. The number of nitrogens with zero attached hydrogens (tertiary/aromatic N) is 3. The zero-order valence-electron chi connectivity index (χ0n) is 14.2. The van der Waals surface area contributed by atoms with Gasteiger partial charge < -0.3 is 14.0 Å². The zero-order valence-corrected chi connectivity index (χ0v) is 14.2. The van der Waals surface area contributed by atoms with Crippen LogP contribution in [-0.2, 0) is 11.3 Å². The number of aromatic nitrogens is 3. The molecule has 2 saturated heterocycles. The molecule has 5 rings (SSSR count). The van der Waals surface area contributed by atoms with Crippen molar-refractivity contribution in [2.45, 2.75) is 44.0 Å². The Morgan fingerprint density at radius 1 is 1.12 bits per heavy atom. The first kappa shape index (κ1) is 15.5. The second-order valence-electron chi connectivity index (χ2n) is 6.85. The average molecular weight is 349 g/mol. The van der Waals surface area contributed by atoms with Gasteiger partial charge in [-0.05, 0) is 49.6 Å². The van der Waals surface area contributed by atoms with Crippen LogP contribution in [0.15, 0.2) is 53.3 Å². The Morgan fingerprint density at radius 3 is 2.77 bits per heavy atom. The van der Waals surface area contributed by atoms with E-state index in [1.165, 1.54) is 0 Å². The molecule has 3 atom stereocenters. The van der Waals surface area contributed by atoms with E-state index in [0.717, 1.165) is 36.1 Å². The van der Waals surface area contributed by atoms with Crippen LogP contribution in [0, 0.1) is 0 Å². The van der Waals surface area contributed by atoms with Crippen molar-refractivity contribution in [2.24, 2.45) is 0 Å². The van der Waals surface area contributed by atoms with Crippen LogP contribution in [0.3, 0.4) is 0 Å². The highest BCUT2D eigenvalue weighted by atomic mass is 16.5. The predicted molar refractivity (Wildman–Crippen MR) is 93.6 cm³/mol. The van der Waals surface area contributed by atoms with Crippen molar-refractivity contribution < 1.29 is 14.0 Å². The Hall–Kier alpha value is -2.73. The number of benzene rings is 1. The maximum atomic E-state index is 5.88. The van der Waals surface area contributed by atoms with Crippen molar-refractivity contribution in [1.82, 2.24) is 15.1 Å². The van der Waals surface area contributed by atoms with Crippen molar-refractivity contribution in [3.05, 3.63) is 60.2 Å². The van der Waals surface area contributed by atoms with Gasteiger partial charge in [0.1, 0.15) is 12.4 Å². The van der Waals surface area contributed by atoms with Gasteiger partial charge in [0.15, 0.2) is 0 Å². The van der Waals surface area contributed by atoms with Gasteiger partial charge in [0.05, 0.1) is 18.1 Å².